The smallest absolute Gasteiger partial charge is 0.410 e. The highest BCUT2D eigenvalue weighted by Gasteiger charge is 2.34. The summed E-state index contributed by atoms with van der Waals surface area (Å²) in [6.45, 7) is 7.32. The number of nitrogens with zero attached hydrogens (tertiary/aromatic N) is 2. The molecule has 5 nitrogen and oxygen atoms in total. The second kappa shape index (κ2) is 6.57. The first-order valence-corrected chi connectivity index (χ1v) is 7.88. The maximum absolute atomic E-state index is 11.8. The maximum Gasteiger partial charge on any atom is 0.410 e. The van der Waals surface area contributed by atoms with E-state index in [0.29, 0.717) is 31.0 Å². The fraction of sp³-hybridized carbons (Fsp3) is 0.500. The van der Waals surface area contributed by atoms with E-state index in [1.165, 1.54) is 0 Å². The van der Waals surface area contributed by atoms with Crippen LogP contribution in [0.4, 0.5) is 4.79 Å². The summed E-state index contributed by atoms with van der Waals surface area (Å²) in [5, 5.41) is 8.90. The lowest BCUT2D eigenvalue weighted by molar-refractivity contribution is -0.00785. The van der Waals surface area contributed by atoms with E-state index in [1.54, 1.807) is 23.1 Å². The van der Waals surface area contributed by atoms with E-state index in [0.717, 1.165) is 4.47 Å². The number of hydrogen-bond acceptors (Lipinski definition) is 4. The highest BCUT2D eigenvalue weighted by molar-refractivity contribution is 9.10. The van der Waals surface area contributed by atoms with Gasteiger partial charge in [0, 0.05) is 19.0 Å². The van der Waals surface area contributed by atoms with E-state index in [-0.39, 0.29) is 12.0 Å². The van der Waals surface area contributed by atoms with Crippen LogP contribution in [0.5, 0.6) is 5.75 Å². The monoisotopic (exact) mass is 366 g/mol. The van der Waals surface area contributed by atoms with Crippen molar-refractivity contribution in [2.24, 2.45) is 5.92 Å². The van der Waals surface area contributed by atoms with Crippen LogP contribution in [0, 0.1) is 17.2 Å². The number of amides is 1. The Kier molecular flexibility index (Phi) is 4.97. The number of carbonyl (C=O) groups excluding carboxylic acids is 1. The lowest BCUT2D eigenvalue weighted by atomic mass is 10.0. The summed E-state index contributed by atoms with van der Waals surface area (Å²) in [4.78, 5) is 13.5. The average Bonchev–Trinajstić information content (AvgIpc) is 2.36. The summed E-state index contributed by atoms with van der Waals surface area (Å²) in [5.74, 6) is 0.930. The average molecular weight is 367 g/mol. The molecule has 0 unspecified atom stereocenters. The highest BCUT2D eigenvalue weighted by Crippen LogP contribution is 2.27. The minimum atomic E-state index is -0.471. The molecule has 0 radical (unpaired) electrons. The molecule has 1 aromatic carbocycles. The van der Waals surface area contributed by atoms with Crippen molar-refractivity contribution < 1.29 is 14.3 Å². The second-order valence-electron chi connectivity index (χ2n) is 6.32. The maximum atomic E-state index is 11.8. The molecule has 0 bridgehead atoms. The first-order valence-electron chi connectivity index (χ1n) is 7.09. The topological polar surface area (TPSA) is 62.6 Å². The zero-order chi connectivity index (χ0) is 16.3. The van der Waals surface area contributed by atoms with Gasteiger partial charge in [0.1, 0.15) is 11.4 Å². The van der Waals surface area contributed by atoms with Crippen molar-refractivity contribution in [1.82, 2.24) is 4.90 Å². The molecule has 0 aromatic heterocycles. The lowest BCUT2D eigenvalue weighted by Gasteiger charge is -2.39. The van der Waals surface area contributed by atoms with Gasteiger partial charge in [0.15, 0.2) is 0 Å². The lowest BCUT2D eigenvalue weighted by Crippen LogP contribution is -2.53. The Hall–Kier alpha value is -1.74. The third-order valence-corrected chi connectivity index (χ3v) is 3.80. The molecule has 0 N–H and O–H groups in total. The fourth-order valence-corrected chi connectivity index (χ4v) is 2.40. The Morgan fingerprint density at radius 1 is 1.45 bits per heavy atom. The predicted octanol–water partition coefficient (Wildman–Crippen LogP) is 3.57. The van der Waals surface area contributed by atoms with Gasteiger partial charge in [-0.25, -0.2) is 4.79 Å². The van der Waals surface area contributed by atoms with E-state index >= 15 is 0 Å². The molecule has 6 heteroatoms. The quantitative estimate of drug-likeness (QED) is 0.820. The highest BCUT2D eigenvalue weighted by atomic mass is 79.9. The molecule has 1 aliphatic heterocycles. The van der Waals surface area contributed by atoms with Crippen LogP contribution in [0.15, 0.2) is 22.7 Å². The molecular weight excluding hydrogens is 348 g/mol. The number of ether oxygens (including phenoxy) is 2. The molecule has 118 valence electrons. The molecule has 1 aliphatic rings. The molecule has 1 fully saturated rings. The number of carbonyl (C=O) groups is 1. The predicted molar refractivity (Wildman–Crippen MR) is 85.6 cm³/mol. The number of likely N-dealkylation sites (tertiary alicyclic amines) is 1. The van der Waals surface area contributed by atoms with Crippen molar-refractivity contribution in [2.75, 3.05) is 19.7 Å². The number of rotatable bonds is 3. The van der Waals surface area contributed by atoms with E-state index < -0.39 is 5.60 Å². The third kappa shape index (κ3) is 4.38. The van der Waals surface area contributed by atoms with Gasteiger partial charge in [0.25, 0.3) is 0 Å². The molecule has 1 aromatic rings. The Morgan fingerprint density at radius 3 is 2.73 bits per heavy atom. The zero-order valence-electron chi connectivity index (χ0n) is 12.9. The summed E-state index contributed by atoms with van der Waals surface area (Å²) in [7, 11) is 0. The van der Waals surface area contributed by atoms with Crippen LogP contribution in [0.2, 0.25) is 0 Å². The molecule has 2 rings (SSSR count). The molecule has 1 amide bonds. The zero-order valence-corrected chi connectivity index (χ0v) is 14.5. The van der Waals surface area contributed by atoms with Gasteiger partial charge in [0.2, 0.25) is 0 Å². The number of benzene rings is 1. The van der Waals surface area contributed by atoms with Gasteiger partial charge in [-0.15, -0.1) is 0 Å². The number of halogens is 1. The normalized spacial score (nSPS) is 15.0. The summed E-state index contributed by atoms with van der Waals surface area (Å²) in [6, 6.07) is 7.31. The van der Waals surface area contributed by atoms with Gasteiger partial charge in [0.05, 0.1) is 22.7 Å². The second-order valence-corrected chi connectivity index (χ2v) is 7.17. The van der Waals surface area contributed by atoms with Crippen LogP contribution in [-0.2, 0) is 4.74 Å². The first kappa shape index (κ1) is 16.6. The molecule has 0 atom stereocenters. The van der Waals surface area contributed by atoms with Crippen LogP contribution in [0.3, 0.4) is 0 Å². The van der Waals surface area contributed by atoms with Crippen molar-refractivity contribution in [3.8, 4) is 11.8 Å². The number of nitriles is 1. The summed E-state index contributed by atoms with van der Waals surface area (Å²) in [5.41, 5.74) is 0.0866. The van der Waals surface area contributed by atoms with Gasteiger partial charge in [-0.1, -0.05) is 0 Å². The van der Waals surface area contributed by atoms with Gasteiger partial charge >= 0.3 is 6.09 Å². The van der Waals surface area contributed by atoms with Gasteiger partial charge in [-0.3, -0.25) is 0 Å². The molecular formula is C16H19BrN2O3. The van der Waals surface area contributed by atoms with E-state index in [1.807, 2.05) is 20.8 Å². The van der Waals surface area contributed by atoms with Crippen LogP contribution < -0.4 is 4.74 Å². The van der Waals surface area contributed by atoms with E-state index in [4.69, 9.17) is 14.7 Å². The summed E-state index contributed by atoms with van der Waals surface area (Å²) < 4.78 is 11.9. The Balaban J connectivity index is 1.79. The Bertz CT molecular complexity index is 598. The molecule has 1 heterocycles. The van der Waals surface area contributed by atoms with Crippen LogP contribution in [0.25, 0.3) is 0 Å². The van der Waals surface area contributed by atoms with Crippen molar-refractivity contribution in [2.45, 2.75) is 26.4 Å². The molecule has 0 aliphatic carbocycles. The van der Waals surface area contributed by atoms with Gasteiger partial charge < -0.3 is 14.4 Å². The number of hydrogen-bond donors (Lipinski definition) is 0. The molecule has 0 spiro atoms. The standard InChI is InChI=1S/C16H19BrN2O3/c1-16(2,3)22-15(20)19-8-12(9-19)10-21-14-6-11(7-18)4-5-13(14)17/h4-6,12H,8-10H2,1-3H3. The largest absolute Gasteiger partial charge is 0.492 e. The SMILES string of the molecule is CC(C)(C)OC(=O)N1CC(COc2cc(C#N)ccc2Br)C1. The van der Waals surface area contributed by atoms with Crippen molar-refractivity contribution in [3.05, 3.63) is 28.2 Å². The van der Waals surface area contributed by atoms with Crippen LogP contribution >= 0.6 is 15.9 Å². The van der Waals surface area contributed by atoms with Gasteiger partial charge in [-0.05, 0) is 54.9 Å². The van der Waals surface area contributed by atoms with Gasteiger partial charge in [-0.2, -0.15) is 5.26 Å². The molecule has 22 heavy (non-hydrogen) atoms. The molecule has 1 saturated heterocycles. The van der Waals surface area contributed by atoms with Crippen molar-refractivity contribution >= 4 is 22.0 Å². The van der Waals surface area contributed by atoms with Crippen LogP contribution in [0.1, 0.15) is 26.3 Å². The summed E-state index contributed by atoms with van der Waals surface area (Å²) >= 11 is 3.40. The Labute approximate surface area is 138 Å². The Morgan fingerprint density at radius 2 is 2.14 bits per heavy atom. The summed E-state index contributed by atoms with van der Waals surface area (Å²) in [6.07, 6.45) is -0.281. The van der Waals surface area contributed by atoms with Crippen molar-refractivity contribution in [3.63, 3.8) is 0 Å². The first-order chi connectivity index (χ1) is 10.3. The minimum Gasteiger partial charge on any atom is -0.492 e. The fourth-order valence-electron chi connectivity index (χ4n) is 2.04. The van der Waals surface area contributed by atoms with E-state index in [9.17, 15) is 4.79 Å². The molecule has 0 saturated carbocycles. The van der Waals surface area contributed by atoms with E-state index in [2.05, 4.69) is 22.0 Å². The third-order valence-electron chi connectivity index (χ3n) is 3.14. The minimum absolute atomic E-state index is 0.281. The van der Waals surface area contributed by atoms with Crippen LogP contribution in [-0.4, -0.2) is 36.3 Å². The van der Waals surface area contributed by atoms with Crippen molar-refractivity contribution in [1.29, 1.82) is 5.26 Å².